The number of aliphatic carboxylic acids is 1. The zero-order valence-electron chi connectivity index (χ0n) is 10.3. The zero-order valence-corrected chi connectivity index (χ0v) is 10.3. The predicted octanol–water partition coefficient (Wildman–Crippen LogP) is 0.527. The van der Waals surface area contributed by atoms with Crippen LogP contribution in [0.4, 0.5) is 4.79 Å². The van der Waals surface area contributed by atoms with E-state index in [4.69, 9.17) is 9.84 Å². The van der Waals surface area contributed by atoms with Crippen molar-refractivity contribution >= 4 is 12.0 Å². The van der Waals surface area contributed by atoms with Crippen LogP contribution in [0, 0.1) is 5.92 Å². The topological polar surface area (TPSA) is 78.9 Å². The number of nitrogens with one attached hydrogen (secondary N) is 1. The Hall–Kier alpha value is -1.30. The first kappa shape index (κ1) is 13.8. The van der Waals surface area contributed by atoms with Crippen LogP contribution in [0.2, 0.25) is 0 Å². The molecule has 6 heteroatoms. The third-order valence-corrected chi connectivity index (χ3v) is 2.92. The van der Waals surface area contributed by atoms with Crippen LogP contribution >= 0.6 is 0 Å². The van der Waals surface area contributed by atoms with E-state index in [2.05, 4.69) is 5.32 Å². The number of carboxylic acid groups (broad SMARTS) is 1. The number of urea groups is 1. The van der Waals surface area contributed by atoms with Gasteiger partial charge >= 0.3 is 12.0 Å². The fourth-order valence-electron chi connectivity index (χ4n) is 1.96. The fraction of sp³-hybridized carbons (Fsp3) is 0.818. The van der Waals surface area contributed by atoms with Crippen LogP contribution in [0.25, 0.3) is 0 Å². The van der Waals surface area contributed by atoms with Gasteiger partial charge in [-0.2, -0.15) is 0 Å². The second kappa shape index (κ2) is 6.44. The Kier molecular flexibility index (Phi) is 5.21. The first-order valence-corrected chi connectivity index (χ1v) is 5.81. The highest BCUT2D eigenvalue weighted by Gasteiger charge is 2.25. The van der Waals surface area contributed by atoms with Crippen molar-refractivity contribution < 1.29 is 19.4 Å². The first-order chi connectivity index (χ1) is 8.04. The van der Waals surface area contributed by atoms with E-state index in [1.54, 1.807) is 12.0 Å². The third-order valence-electron chi connectivity index (χ3n) is 2.92. The number of carboxylic acids is 1. The number of hydrogen-bond donors (Lipinski definition) is 2. The maximum Gasteiger partial charge on any atom is 0.325 e. The number of methoxy groups -OCH3 is 1. The summed E-state index contributed by atoms with van der Waals surface area (Å²) in [6, 6.07) is -1.16. The quantitative estimate of drug-likeness (QED) is 0.756. The Morgan fingerprint density at radius 1 is 1.59 bits per heavy atom. The Morgan fingerprint density at radius 2 is 2.29 bits per heavy atom. The van der Waals surface area contributed by atoms with Gasteiger partial charge in [0.05, 0.1) is 6.61 Å². The number of nitrogens with zero attached hydrogens (tertiary/aromatic N) is 1. The van der Waals surface area contributed by atoms with Crippen molar-refractivity contribution in [2.75, 3.05) is 26.8 Å². The molecule has 1 aliphatic heterocycles. The van der Waals surface area contributed by atoms with Crippen LogP contribution in [0.15, 0.2) is 0 Å². The fourth-order valence-corrected chi connectivity index (χ4v) is 1.96. The molecule has 0 aliphatic carbocycles. The van der Waals surface area contributed by atoms with E-state index < -0.39 is 12.0 Å². The van der Waals surface area contributed by atoms with Crippen molar-refractivity contribution in [1.82, 2.24) is 10.2 Å². The van der Waals surface area contributed by atoms with Gasteiger partial charge in [0.15, 0.2) is 0 Å². The Bertz CT molecular complexity index is 281. The number of rotatable bonds is 4. The average molecular weight is 244 g/mol. The van der Waals surface area contributed by atoms with E-state index in [1.165, 1.54) is 6.92 Å². The van der Waals surface area contributed by atoms with Crippen molar-refractivity contribution in [3.8, 4) is 0 Å². The average Bonchev–Trinajstić information content (AvgIpc) is 2.29. The molecule has 0 bridgehead atoms. The lowest BCUT2D eigenvalue weighted by atomic mass is 9.99. The largest absolute Gasteiger partial charge is 0.480 e. The second-order valence-electron chi connectivity index (χ2n) is 4.42. The molecule has 1 heterocycles. The molecule has 0 aromatic heterocycles. The highest BCUT2D eigenvalue weighted by Crippen LogP contribution is 2.16. The summed E-state index contributed by atoms with van der Waals surface area (Å²) in [6.07, 6.45) is 1.98. The summed E-state index contributed by atoms with van der Waals surface area (Å²) < 4.78 is 5.08. The molecule has 6 nitrogen and oxygen atoms in total. The number of carbonyl (C=O) groups is 2. The molecule has 2 amide bonds. The SMILES string of the molecule is COCC1CCCN(C(=O)N[C@H](C)C(=O)O)C1. The molecule has 1 unspecified atom stereocenters. The van der Waals surface area contributed by atoms with Gasteiger partial charge in [-0.05, 0) is 19.8 Å². The number of likely N-dealkylation sites (tertiary alicyclic amines) is 1. The van der Waals surface area contributed by atoms with E-state index in [1.807, 2.05) is 0 Å². The molecule has 2 atom stereocenters. The van der Waals surface area contributed by atoms with E-state index in [9.17, 15) is 9.59 Å². The highest BCUT2D eigenvalue weighted by atomic mass is 16.5. The monoisotopic (exact) mass is 244 g/mol. The van der Waals surface area contributed by atoms with Gasteiger partial charge in [-0.15, -0.1) is 0 Å². The standard InChI is InChI=1S/C11H20N2O4/c1-8(10(14)15)12-11(16)13-5-3-4-9(6-13)7-17-2/h8-9H,3-7H2,1-2H3,(H,12,16)(H,14,15)/t8-,9?/m1/s1. The van der Waals surface area contributed by atoms with E-state index in [0.29, 0.717) is 25.6 Å². The van der Waals surface area contributed by atoms with Gasteiger partial charge in [-0.25, -0.2) is 4.79 Å². The lowest BCUT2D eigenvalue weighted by molar-refractivity contribution is -0.138. The van der Waals surface area contributed by atoms with Crippen molar-refractivity contribution in [2.45, 2.75) is 25.8 Å². The van der Waals surface area contributed by atoms with Crippen LogP contribution < -0.4 is 5.32 Å². The summed E-state index contributed by atoms with van der Waals surface area (Å²) in [5.41, 5.74) is 0. The minimum Gasteiger partial charge on any atom is -0.480 e. The molecule has 98 valence electrons. The number of amides is 2. The van der Waals surface area contributed by atoms with Crippen molar-refractivity contribution in [3.63, 3.8) is 0 Å². The molecule has 1 aliphatic rings. The van der Waals surface area contributed by atoms with Gasteiger partial charge in [0.2, 0.25) is 0 Å². The predicted molar refractivity (Wildman–Crippen MR) is 61.8 cm³/mol. The Balaban J connectivity index is 2.43. The smallest absolute Gasteiger partial charge is 0.325 e. The minimum atomic E-state index is -1.02. The van der Waals surface area contributed by atoms with Crippen LogP contribution in [0.1, 0.15) is 19.8 Å². The van der Waals surface area contributed by atoms with Crippen LogP contribution in [0.3, 0.4) is 0 Å². The number of carbonyl (C=O) groups excluding carboxylic acids is 1. The molecular formula is C11H20N2O4. The summed E-state index contributed by atoms with van der Waals surface area (Å²) in [5.74, 6) is -0.677. The number of piperidine rings is 1. The normalized spacial score (nSPS) is 22.0. The van der Waals surface area contributed by atoms with Gasteiger partial charge in [-0.3, -0.25) is 4.79 Å². The Morgan fingerprint density at radius 3 is 2.88 bits per heavy atom. The lowest BCUT2D eigenvalue weighted by Crippen LogP contribution is -2.50. The van der Waals surface area contributed by atoms with Crippen LogP contribution in [0.5, 0.6) is 0 Å². The van der Waals surface area contributed by atoms with Crippen molar-refractivity contribution in [1.29, 1.82) is 0 Å². The maximum atomic E-state index is 11.8. The molecule has 0 saturated carbocycles. The number of hydrogen-bond acceptors (Lipinski definition) is 3. The summed E-state index contributed by atoms with van der Waals surface area (Å²) in [5, 5.41) is 11.2. The van der Waals surface area contributed by atoms with Crippen molar-refractivity contribution in [2.24, 2.45) is 5.92 Å². The zero-order chi connectivity index (χ0) is 12.8. The first-order valence-electron chi connectivity index (χ1n) is 5.81. The van der Waals surface area contributed by atoms with E-state index in [0.717, 1.165) is 12.8 Å². The van der Waals surface area contributed by atoms with Gasteiger partial charge in [-0.1, -0.05) is 0 Å². The summed E-state index contributed by atoms with van der Waals surface area (Å²) in [7, 11) is 1.64. The van der Waals surface area contributed by atoms with Gasteiger partial charge in [0, 0.05) is 26.1 Å². The molecular weight excluding hydrogens is 224 g/mol. The molecule has 0 aromatic rings. The van der Waals surface area contributed by atoms with E-state index in [-0.39, 0.29) is 6.03 Å². The highest BCUT2D eigenvalue weighted by molar-refractivity contribution is 5.82. The van der Waals surface area contributed by atoms with Crippen molar-refractivity contribution in [3.05, 3.63) is 0 Å². The molecule has 1 fully saturated rings. The molecule has 1 rings (SSSR count). The van der Waals surface area contributed by atoms with Gasteiger partial charge in [0.25, 0.3) is 0 Å². The molecule has 17 heavy (non-hydrogen) atoms. The summed E-state index contributed by atoms with van der Waals surface area (Å²) in [6.45, 7) is 3.40. The summed E-state index contributed by atoms with van der Waals surface area (Å²) >= 11 is 0. The molecule has 0 radical (unpaired) electrons. The van der Waals surface area contributed by atoms with Gasteiger partial charge < -0.3 is 20.1 Å². The van der Waals surface area contributed by atoms with Crippen LogP contribution in [-0.2, 0) is 9.53 Å². The van der Waals surface area contributed by atoms with E-state index >= 15 is 0 Å². The molecule has 0 spiro atoms. The van der Waals surface area contributed by atoms with Crippen LogP contribution in [-0.4, -0.2) is 54.9 Å². The maximum absolute atomic E-state index is 11.8. The molecule has 2 N–H and O–H groups in total. The molecule has 1 saturated heterocycles. The van der Waals surface area contributed by atoms with Gasteiger partial charge in [0.1, 0.15) is 6.04 Å². The molecule has 0 aromatic carbocycles. The minimum absolute atomic E-state index is 0.305. The Labute approximate surface area is 101 Å². The number of ether oxygens (including phenoxy) is 1. The third kappa shape index (κ3) is 4.22. The second-order valence-corrected chi connectivity index (χ2v) is 4.42. The lowest BCUT2D eigenvalue weighted by Gasteiger charge is -2.32. The summed E-state index contributed by atoms with van der Waals surface area (Å²) in [4.78, 5) is 24.1.